The zero-order valence-corrected chi connectivity index (χ0v) is 12.7. The van der Waals surface area contributed by atoms with Gasteiger partial charge in [0, 0.05) is 31.6 Å². The molecule has 122 valence electrons. The summed E-state index contributed by atoms with van der Waals surface area (Å²) in [7, 11) is 0. The maximum Gasteiger partial charge on any atom is 0.323 e. The van der Waals surface area contributed by atoms with Gasteiger partial charge < -0.3 is 15.4 Å². The highest BCUT2D eigenvalue weighted by Crippen LogP contribution is 2.17. The minimum atomic E-state index is -0.387. The predicted molar refractivity (Wildman–Crippen MR) is 84.8 cm³/mol. The van der Waals surface area contributed by atoms with E-state index >= 15 is 0 Å². The average Bonchev–Trinajstić information content (AvgIpc) is 2.97. The molecule has 0 spiro atoms. The molecule has 0 atom stereocenters. The maximum atomic E-state index is 12.8. The van der Waals surface area contributed by atoms with Crippen molar-refractivity contribution in [3.63, 3.8) is 0 Å². The first-order chi connectivity index (χ1) is 11.2. The van der Waals surface area contributed by atoms with Gasteiger partial charge in [-0.3, -0.25) is 4.68 Å². The van der Waals surface area contributed by atoms with Gasteiger partial charge in [0.05, 0.1) is 11.9 Å². The normalized spacial score (nSPS) is 15.3. The Morgan fingerprint density at radius 3 is 2.65 bits per heavy atom. The van der Waals surface area contributed by atoms with Crippen LogP contribution in [0.1, 0.15) is 12.8 Å². The van der Waals surface area contributed by atoms with Crippen LogP contribution in [0.25, 0.3) is 0 Å². The molecule has 1 saturated heterocycles. The van der Waals surface area contributed by atoms with E-state index in [2.05, 4.69) is 15.7 Å². The van der Waals surface area contributed by atoms with E-state index in [0.29, 0.717) is 17.3 Å². The van der Waals surface area contributed by atoms with Crippen LogP contribution in [0.5, 0.6) is 0 Å². The van der Waals surface area contributed by atoms with Gasteiger partial charge in [-0.2, -0.15) is 5.10 Å². The van der Waals surface area contributed by atoms with Gasteiger partial charge in [0.25, 0.3) is 0 Å². The lowest BCUT2D eigenvalue weighted by atomic mass is 10.0. The standard InChI is InChI=1S/C16H19FN4O2/c17-13-1-3-14(4-2-13)19-16(22)20-15-9-18-21(11-15)10-12-5-7-23-8-6-12/h1-4,9,11-12H,5-8,10H2,(H2,19,20,22). The summed E-state index contributed by atoms with van der Waals surface area (Å²) in [4.78, 5) is 11.9. The highest BCUT2D eigenvalue weighted by Gasteiger charge is 2.15. The fraction of sp³-hybridized carbons (Fsp3) is 0.375. The molecule has 0 unspecified atom stereocenters. The number of aromatic nitrogens is 2. The maximum absolute atomic E-state index is 12.8. The highest BCUT2D eigenvalue weighted by molar-refractivity contribution is 5.99. The van der Waals surface area contributed by atoms with Crippen LogP contribution in [-0.4, -0.2) is 29.0 Å². The van der Waals surface area contributed by atoms with Gasteiger partial charge in [0.2, 0.25) is 0 Å². The number of hydrogen-bond acceptors (Lipinski definition) is 3. The summed E-state index contributed by atoms with van der Waals surface area (Å²) in [5.41, 5.74) is 1.15. The average molecular weight is 318 g/mol. The molecule has 1 fully saturated rings. The van der Waals surface area contributed by atoms with E-state index in [1.54, 1.807) is 12.4 Å². The molecule has 2 N–H and O–H groups in total. The number of anilines is 2. The Bertz CT molecular complexity index is 650. The third-order valence-corrected chi connectivity index (χ3v) is 3.78. The van der Waals surface area contributed by atoms with Crippen LogP contribution in [0.2, 0.25) is 0 Å². The lowest BCUT2D eigenvalue weighted by molar-refractivity contribution is 0.0601. The first-order valence-corrected chi connectivity index (χ1v) is 7.63. The minimum absolute atomic E-state index is 0.342. The number of carbonyl (C=O) groups is 1. The topological polar surface area (TPSA) is 68.2 Å². The third kappa shape index (κ3) is 4.53. The first kappa shape index (κ1) is 15.5. The molecule has 1 aromatic heterocycles. The summed E-state index contributed by atoms with van der Waals surface area (Å²) in [5.74, 6) is 0.217. The van der Waals surface area contributed by atoms with E-state index in [9.17, 15) is 9.18 Å². The van der Waals surface area contributed by atoms with Crippen molar-refractivity contribution in [2.24, 2.45) is 5.92 Å². The Kier molecular flexibility index (Phi) is 4.87. The van der Waals surface area contributed by atoms with Crippen LogP contribution < -0.4 is 10.6 Å². The van der Waals surface area contributed by atoms with Gasteiger partial charge in [-0.15, -0.1) is 0 Å². The van der Waals surface area contributed by atoms with E-state index in [1.807, 2.05) is 4.68 Å². The number of hydrogen-bond donors (Lipinski definition) is 2. The fourth-order valence-corrected chi connectivity index (χ4v) is 2.55. The number of carbonyl (C=O) groups excluding carboxylic acids is 1. The molecular weight excluding hydrogens is 299 g/mol. The lowest BCUT2D eigenvalue weighted by Crippen LogP contribution is -2.21. The van der Waals surface area contributed by atoms with Crippen molar-refractivity contribution in [3.05, 3.63) is 42.5 Å². The van der Waals surface area contributed by atoms with Gasteiger partial charge in [0.1, 0.15) is 5.82 Å². The molecule has 23 heavy (non-hydrogen) atoms. The lowest BCUT2D eigenvalue weighted by Gasteiger charge is -2.21. The van der Waals surface area contributed by atoms with Crippen molar-refractivity contribution >= 4 is 17.4 Å². The zero-order valence-electron chi connectivity index (χ0n) is 12.7. The number of halogens is 1. The Morgan fingerprint density at radius 2 is 1.91 bits per heavy atom. The molecule has 6 nitrogen and oxygen atoms in total. The van der Waals surface area contributed by atoms with Crippen molar-refractivity contribution in [2.75, 3.05) is 23.8 Å². The second kappa shape index (κ2) is 7.23. The summed E-state index contributed by atoms with van der Waals surface area (Å²) in [5, 5.41) is 9.61. The minimum Gasteiger partial charge on any atom is -0.381 e. The molecule has 1 aliphatic heterocycles. The molecule has 2 amide bonds. The quantitative estimate of drug-likeness (QED) is 0.910. The van der Waals surface area contributed by atoms with Gasteiger partial charge in [-0.1, -0.05) is 0 Å². The number of amides is 2. The van der Waals surface area contributed by atoms with E-state index in [-0.39, 0.29) is 11.8 Å². The number of benzene rings is 1. The second-order valence-electron chi connectivity index (χ2n) is 5.59. The Hall–Kier alpha value is -2.41. The van der Waals surface area contributed by atoms with E-state index < -0.39 is 0 Å². The summed E-state index contributed by atoms with van der Waals surface area (Å²) < 4.78 is 20.0. The van der Waals surface area contributed by atoms with E-state index in [1.165, 1.54) is 24.3 Å². The molecule has 2 heterocycles. The second-order valence-corrected chi connectivity index (χ2v) is 5.59. The predicted octanol–water partition coefficient (Wildman–Crippen LogP) is 3.09. The molecule has 7 heteroatoms. The third-order valence-electron chi connectivity index (χ3n) is 3.78. The van der Waals surface area contributed by atoms with E-state index in [4.69, 9.17) is 4.74 Å². The SMILES string of the molecule is O=C(Nc1ccc(F)cc1)Nc1cnn(CC2CCOCC2)c1. The van der Waals surface area contributed by atoms with Gasteiger partial charge >= 0.3 is 6.03 Å². The summed E-state index contributed by atoms with van der Waals surface area (Å²) in [6, 6.07) is 5.21. The van der Waals surface area contributed by atoms with Crippen LogP contribution in [0.4, 0.5) is 20.6 Å². The number of nitrogens with one attached hydrogen (secondary N) is 2. The van der Waals surface area contributed by atoms with Crippen LogP contribution in [0.3, 0.4) is 0 Å². The molecule has 0 saturated carbocycles. The first-order valence-electron chi connectivity index (χ1n) is 7.63. The van der Waals surface area contributed by atoms with Crippen molar-refractivity contribution < 1.29 is 13.9 Å². The van der Waals surface area contributed by atoms with Crippen LogP contribution >= 0.6 is 0 Å². The van der Waals surface area contributed by atoms with Crippen molar-refractivity contribution in [2.45, 2.75) is 19.4 Å². The monoisotopic (exact) mass is 318 g/mol. The molecule has 0 radical (unpaired) electrons. The van der Waals surface area contributed by atoms with Crippen molar-refractivity contribution in [3.8, 4) is 0 Å². The molecule has 0 bridgehead atoms. The fourth-order valence-electron chi connectivity index (χ4n) is 2.55. The Balaban J connectivity index is 1.51. The number of ether oxygens (including phenoxy) is 1. The number of nitrogens with zero attached hydrogens (tertiary/aromatic N) is 2. The van der Waals surface area contributed by atoms with Crippen molar-refractivity contribution in [1.29, 1.82) is 0 Å². The Morgan fingerprint density at radius 1 is 1.22 bits per heavy atom. The van der Waals surface area contributed by atoms with Gasteiger partial charge in [0.15, 0.2) is 0 Å². The number of urea groups is 1. The molecule has 2 aromatic rings. The smallest absolute Gasteiger partial charge is 0.323 e. The Labute approximate surface area is 133 Å². The van der Waals surface area contributed by atoms with Crippen LogP contribution in [0.15, 0.2) is 36.7 Å². The molecule has 1 aliphatic rings. The van der Waals surface area contributed by atoms with Gasteiger partial charge in [-0.05, 0) is 43.0 Å². The van der Waals surface area contributed by atoms with Crippen LogP contribution in [0, 0.1) is 11.7 Å². The zero-order chi connectivity index (χ0) is 16.1. The summed E-state index contributed by atoms with van der Waals surface area (Å²) in [6.07, 6.45) is 5.49. The molecule has 0 aliphatic carbocycles. The van der Waals surface area contributed by atoms with Crippen LogP contribution in [-0.2, 0) is 11.3 Å². The van der Waals surface area contributed by atoms with Crippen molar-refractivity contribution in [1.82, 2.24) is 9.78 Å². The molecule has 1 aromatic carbocycles. The van der Waals surface area contributed by atoms with E-state index in [0.717, 1.165) is 32.6 Å². The molecule has 3 rings (SSSR count). The largest absolute Gasteiger partial charge is 0.381 e. The summed E-state index contributed by atoms with van der Waals surface area (Å²) >= 11 is 0. The molecular formula is C16H19FN4O2. The highest BCUT2D eigenvalue weighted by atomic mass is 19.1. The van der Waals surface area contributed by atoms with Gasteiger partial charge in [-0.25, -0.2) is 9.18 Å². The summed E-state index contributed by atoms with van der Waals surface area (Å²) in [6.45, 7) is 2.43. The number of rotatable bonds is 4.